The second-order valence-electron chi connectivity index (χ2n) is 7.46. The highest BCUT2D eigenvalue weighted by molar-refractivity contribution is 5.92. The monoisotopic (exact) mass is 397 g/mol. The predicted octanol–water partition coefficient (Wildman–Crippen LogP) is 4.84. The SMILES string of the molecule is O=C(Nc1ccc(N2CCOC2=O)cc1)NC(c1ccccc1F)C1CCCC1. The third-order valence-corrected chi connectivity index (χ3v) is 5.60. The van der Waals surface area contributed by atoms with Gasteiger partial charge in [0, 0.05) is 16.9 Å². The number of amides is 3. The Labute approximate surface area is 169 Å². The second kappa shape index (κ2) is 8.51. The number of hydrogen-bond donors (Lipinski definition) is 2. The van der Waals surface area contributed by atoms with E-state index < -0.39 is 0 Å². The quantitative estimate of drug-likeness (QED) is 0.759. The minimum atomic E-state index is -0.376. The lowest BCUT2D eigenvalue weighted by molar-refractivity contribution is 0.181. The summed E-state index contributed by atoms with van der Waals surface area (Å²) in [7, 11) is 0. The Morgan fingerprint density at radius 1 is 1.10 bits per heavy atom. The third kappa shape index (κ3) is 4.34. The number of anilines is 2. The summed E-state index contributed by atoms with van der Waals surface area (Å²) in [6, 6.07) is 12.9. The summed E-state index contributed by atoms with van der Waals surface area (Å²) in [5.41, 5.74) is 1.84. The van der Waals surface area contributed by atoms with E-state index in [9.17, 15) is 14.0 Å². The molecule has 1 saturated heterocycles. The largest absolute Gasteiger partial charge is 0.447 e. The summed E-state index contributed by atoms with van der Waals surface area (Å²) >= 11 is 0. The van der Waals surface area contributed by atoms with E-state index in [1.807, 2.05) is 0 Å². The molecule has 2 fully saturated rings. The Balaban J connectivity index is 1.44. The number of halogens is 1. The summed E-state index contributed by atoms with van der Waals surface area (Å²) in [6.45, 7) is 0.887. The molecule has 152 valence electrons. The molecule has 0 bridgehead atoms. The van der Waals surface area contributed by atoms with Gasteiger partial charge in [-0.1, -0.05) is 31.0 Å². The van der Waals surface area contributed by atoms with E-state index >= 15 is 0 Å². The zero-order valence-electron chi connectivity index (χ0n) is 16.1. The van der Waals surface area contributed by atoms with Crippen molar-refractivity contribution in [3.8, 4) is 0 Å². The van der Waals surface area contributed by atoms with Crippen molar-refractivity contribution in [1.29, 1.82) is 0 Å². The first kappa shape index (κ1) is 19.2. The van der Waals surface area contributed by atoms with Gasteiger partial charge in [0.15, 0.2) is 0 Å². The van der Waals surface area contributed by atoms with Crippen LogP contribution in [0, 0.1) is 11.7 Å². The van der Waals surface area contributed by atoms with Gasteiger partial charge in [-0.05, 0) is 49.1 Å². The summed E-state index contributed by atoms with van der Waals surface area (Å²) in [5.74, 6) is -0.0762. The first-order valence-corrected chi connectivity index (χ1v) is 9.98. The van der Waals surface area contributed by atoms with Gasteiger partial charge in [-0.25, -0.2) is 14.0 Å². The van der Waals surface area contributed by atoms with Crippen molar-refractivity contribution in [3.63, 3.8) is 0 Å². The van der Waals surface area contributed by atoms with Crippen LogP contribution in [-0.2, 0) is 4.74 Å². The average molecular weight is 397 g/mol. The van der Waals surface area contributed by atoms with Crippen molar-refractivity contribution in [2.75, 3.05) is 23.4 Å². The highest BCUT2D eigenvalue weighted by Crippen LogP contribution is 2.36. The Morgan fingerprint density at radius 2 is 1.83 bits per heavy atom. The molecule has 1 aliphatic heterocycles. The smallest absolute Gasteiger partial charge is 0.414 e. The van der Waals surface area contributed by atoms with Crippen LogP contribution in [-0.4, -0.2) is 25.3 Å². The fourth-order valence-corrected chi connectivity index (χ4v) is 4.13. The molecule has 0 aromatic heterocycles. The molecule has 2 aliphatic rings. The van der Waals surface area contributed by atoms with Gasteiger partial charge in [0.1, 0.15) is 12.4 Å². The van der Waals surface area contributed by atoms with Crippen molar-refractivity contribution in [2.24, 2.45) is 5.92 Å². The van der Waals surface area contributed by atoms with Gasteiger partial charge in [-0.3, -0.25) is 4.90 Å². The van der Waals surface area contributed by atoms with E-state index in [0.29, 0.717) is 30.1 Å². The molecule has 2 aromatic carbocycles. The molecule has 1 atom stereocenters. The van der Waals surface area contributed by atoms with Crippen LogP contribution in [0.4, 0.5) is 25.4 Å². The minimum Gasteiger partial charge on any atom is -0.447 e. The van der Waals surface area contributed by atoms with Crippen molar-refractivity contribution >= 4 is 23.5 Å². The molecule has 1 unspecified atom stereocenters. The van der Waals surface area contributed by atoms with E-state index in [0.717, 1.165) is 25.7 Å². The molecular formula is C22H24FN3O3. The number of carbonyl (C=O) groups is 2. The standard InChI is InChI=1S/C22H24FN3O3/c23-19-8-4-3-7-18(19)20(15-5-1-2-6-15)25-21(27)24-16-9-11-17(12-10-16)26-13-14-29-22(26)28/h3-4,7-12,15,20H,1-2,5-6,13-14H2,(H2,24,25,27). The molecule has 1 heterocycles. The Kier molecular flexibility index (Phi) is 5.64. The number of nitrogens with zero attached hydrogens (tertiary/aromatic N) is 1. The van der Waals surface area contributed by atoms with Gasteiger partial charge in [0.25, 0.3) is 0 Å². The van der Waals surface area contributed by atoms with E-state index in [4.69, 9.17) is 4.74 Å². The molecule has 1 aliphatic carbocycles. The van der Waals surface area contributed by atoms with Crippen molar-refractivity contribution in [3.05, 3.63) is 59.9 Å². The normalized spacial score (nSPS) is 17.8. The van der Waals surface area contributed by atoms with Gasteiger partial charge in [-0.15, -0.1) is 0 Å². The number of ether oxygens (including phenoxy) is 1. The Hall–Kier alpha value is -3.09. The number of cyclic esters (lactones) is 1. The lowest BCUT2D eigenvalue weighted by atomic mass is 9.91. The van der Waals surface area contributed by atoms with Gasteiger partial charge < -0.3 is 15.4 Å². The minimum absolute atomic E-state index is 0.223. The molecule has 2 N–H and O–H groups in total. The number of hydrogen-bond acceptors (Lipinski definition) is 3. The molecule has 29 heavy (non-hydrogen) atoms. The zero-order chi connectivity index (χ0) is 20.2. The molecular weight excluding hydrogens is 373 g/mol. The summed E-state index contributed by atoms with van der Waals surface area (Å²) in [5, 5.41) is 5.77. The Bertz CT molecular complexity index is 881. The predicted molar refractivity (Wildman–Crippen MR) is 108 cm³/mol. The summed E-state index contributed by atoms with van der Waals surface area (Å²) in [4.78, 5) is 25.8. The number of urea groups is 1. The van der Waals surface area contributed by atoms with E-state index in [1.165, 1.54) is 11.0 Å². The van der Waals surface area contributed by atoms with Crippen molar-refractivity contribution in [2.45, 2.75) is 31.7 Å². The van der Waals surface area contributed by atoms with Crippen LogP contribution < -0.4 is 15.5 Å². The Morgan fingerprint density at radius 3 is 2.48 bits per heavy atom. The summed E-state index contributed by atoms with van der Waals surface area (Å²) in [6.07, 6.45) is 3.77. The van der Waals surface area contributed by atoms with Crippen LogP contribution in [0.1, 0.15) is 37.3 Å². The highest BCUT2D eigenvalue weighted by atomic mass is 19.1. The maximum absolute atomic E-state index is 14.4. The molecule has 1 saturated carbocycles. The van der Waals surface area contributed by atoms with E-state index in [1.54, 1.807) is 42.5 Å². The third-order valence-electron chi connectivity index (χ3n) is 5.60. The maximum Gasteiger partial charge on any atom is 0.414 e. The lowest BCUT2D eigenvalue weighted by Gasteiger charge is -2.26. The molecule has 3 amide bonds. The van der Waals surface area contributed by atoms with E-state index in [-0.39, 0.29) is 29.9 Å². The van der Waals surface area contributed by atoms with E-state index in [2.05, 4.69) is 10.6 Å². The first-order valence-electron chi connectivity index (χ1n) is 9.98. The average Bonchev–Trinajstić information content (AvgIpc) is 3.39. The van der Waals surface area contributed by atoms with Crippen LogP contribution in [0.25, 0.3) is 0 Å². The fraction of sp³-hybridized carbons (Fsp3) is 0.364. The van der Waals surface area contributed by atoms with Gasteiger partial charge in [-0.2, -0.15) is 0 Å². The van der Waals surface area contributed by atoms with Gasteiger partial charge in [0.05, 0.1) is 12.6 Å². The zero-order valence-corrected chi connectivity index (χ0v) is 16.1. The number of carbonyl (C=O) groups excluding carboxylic acids is 2. The molecule has 6 nitrogen and oxygen atoms in total. The lowest BCUT2D eigenvalue weighted by Crippen LogP contribution is -2.36. The van der Waals surface area contributed by atoms with Gasteiger partial charge >= 0.3 is 12.1 Å². The highest BCUT2D eigenvalue weighted by Gasteiger charge is 2.29. The van der Waals surface area contributed by atoms with Crippen LogP contribution in [0.15, 0.2) is 48.5 Å². The fourth-order valence-electron chi connectivity index (χ4n) is 4.13. The molecule has 0 spiro atoms. The number of benzene rings is 2. The van der Waals surface area contributed by atoms with Crippen LogP contribution in [0.5, 0.6) is 0 Å². The van der Waals surface area contributed by atoms with Crippen LogP contribution in [0.2, 0.25) is 0 Å². The molecule has 2 aromatic rings. The summed E-state index contributed by atoms with van der Waals surface area (Å²) < 4.78 is 19.3. The maximum atomic E-state index is 14.4. The first-order chi connectivity index (χ1) is 14.1. The molecule has 0 radical (unpaired) electrons. The second-order valence-corrected chi connectivity index (χ2v) is 7.46. The molecule has 7 heteroatoms. The number of rotatable bonds is 5. The molecule has 4 rings (SSSR count). The topological polar surface area (TPSA) is 70.7 Å². The number of nitrogens with one attached hydrogen (secondary N) is 2. The van der Waals surface area contributed by atoms with Crippen LogP contribution >= 0.6 is 0 Å². The van der Waals surface area contributed by atoms with Gasteiger partial charge in [0.2, 0.25) is 0 Å². The van der Waals surface area contributed by atoms with Crippen molar-refractivity contribution in [1.82, 2.24) is 5.32 Å². The van der Waals surface area contributed by atoms with Crippen LogP contribution in [0.3, 0.4) is 0 Å². The van der Waals surface area contributed by atoms with Crippen molar-refractivity contribution < 1.29 is 18.7 Å².